The molecule has 1 aliphatic heterocycles. The fourth-order valence-electron chi connectivity index (χ4n) is 2.82. The first kappa shape index (κ1) is 16.3. The van der Waals surface area contributed by atoms with E-state index in [4.69, 9.17) is 0 Å². The van der Waals surface area contributed by atoms with Crippen molar-refractivity contribution >= 4 is 18.1 Å². The summed E-state index contributed by atoms with van der Waals surface area (Å²) < 4.78 is 0. The predicted molar refractivity (Wildman–Crippen MR) is 86.5 cm³/mol. The first-order chi connectivity index (χ1) is 8.68. The van der Waals surface area contributed by atoms with Crippen LogP contribution >= 0.6 is 12.4 Å². The van der Waals surface area contributed by atoms with Gasteiger partial charge in [0.25, 0.3) is 0 Å². The highest BCUT2D eigenvalue weighted by molar-refractivity contribution is 5.85. The van der Waals surface area contributed by atoms with Crippen molar-refractivity contribution in [3.63, 3.8) is 0 Å². The molecule has 1 heterocycles. The molecule has 0 spiro atoms. The zero-order chi connectivity index (χ0) is 13.0. The van der Waals surface area contributed by atoms with Crippen molar-refractivity contribution in [2.75, 3.05) is 24.5 Å². The van der Waals surface area contributed by atoms with E-state index in [0.29, 0.717) is 6.04 Å². The van der Waals surface area contributed by atoms with Gasteiger partial charge in [0.1, 0.15) is 0 Å². The molecule has 0 atom stereocenters. The Hall–Kier alpha value is -0.730. The molecule has 1 aliphatic rings. The van der Waals surface area contributed by atoms with Gasteiger partial charge in [0.15, 0.2) is 0 Å². The Morgan fingerprint density at radius 1 is 1.21 bits per heavy atom. The smallest absolute Gasteiger partial charge is 0.0398 e. The lowest BCUT2D eigenvalue weighted by atomic mass is 9.96. The largest absolute Gasteiger partial charge is 0.369 e. The summed E-state index contributed by atoms with van der Waals surface area (Å²) >= 11 is 0. The number of piperidine rings is 1. The van der Waals surface area contributed by atoms with Gasteiger partial charge in [-0.3, -0.25) is 0 Å². The number of anilines is 1. The van der Waals surface area contributed by atoms with Crippen molar-refractivity contribution < 1.29 is 0 Å². The lowest BCUT2D eigenvalue weighted by Gasteiger charge is -2.35. The molecular weight excluding hydrogens is 256 g/mol. The van der Waals surface area contributed by atoms with E-state index in [1.807, 2.05) is 0 Å². The topological polar surface area (TPSA) is 15.3 Å². The number of nitrogens with zero attached hydrogens (tertiary/aromatic N) is 1. The highest BCUT2D eigenvalue weighted by Gasteiger charge is 2.19. The predicted octanol–water partition coefficient (Wildman–Crippen LogP) is 3.63. The van der Waals surface area contributed by atoms with Crippen LogP contribution in [0.4, 0.5) is 5.69 Å². The van der Waals surface area contributed by atoms with Crippen LogP contribution in [0.1, 0.15) is 32.3 Å². The Kier molecular flexibility index (Phi) is 6.67. The minimum absolute atomic E-state index is 0. The lowest BCUT2D eigenvalue weighted by Crippen LogP contribution is -2.39. The van der Waals surface area contributed by atoms with Crippen LogP contribution < -0.4 is 10.2 Å². The number of halogens is 1. The molecule has 0 amide bonds. The van der Waals surface area contributed by atoms with E-state index < -0.39 is 0 Å². The van der Waals surface area contributed by atoms with E-state index in [1.165, 1.54) is 43.7 Å². The van der Waals surface area contributed by atoms with Crippen LogP contribution in [-0.4, -0.2) is 25.7 Å². The zero-order valence-electron chi connectivity index (χ0n) is 12.4. The molecule has 0 radical (unpaired) electrons. The summed E-state index contributed by atoms with van der Waals surface area (Å²) in [5, 5.41) is 3.45. The normalized spacial score (nSPS) is 16.2. The summed E-state index contributed by atoms with van der Waals surface area (Å²) in [6, 6.07) is 9.33. The van der Waals surface area contributed by atoms with Crippen molar-refractivity contribution in [1.82, 2.24) is 5.32 Å². The van der Waals surface area contributed by atoms with Crippen LogP contribution in [-0.2, 0) is 0 Å². The first-order valence-corrected chi connectivity index (χ1v) is 7.21. The Morgan fingerprint density at radius 3 is 2.42 bits per heavy atom. The van der Waals surface area contributed by atoms with Crippen LogP contribution in [0.5, 0.6) is 0 Å². The number of rotatable bonds is 4. The van der Waals surface area contributed by atoms with Crippen LogP contribution in [0, 0.1) is 12.8 Å². The number of aryl methyl sites for hydroxylation is 1. The molecule has 3 heteroatoms. The van der Waals surface area contributed by atoms with Crippen molar-refractivity contribution in [2.45, 2.75) is 39.7 Å². The van der Waals surface area contributed by atoms with Gasteiger partial charge in [-0.2, -0.15) is 0 Å². The monoisotopic (exact) mass is 282 g/mol. The van der Waals surface area contributed by atoms with Gasteiger partial charge in [-0.15, -0.1) is 12.4 Å². The number of hydrogen-bond acceptors (Lipinski definition) is 2. The zero-order valence-corrected chi connectivity index (χ0v) is 13.2. The van der Waals surface area contributed by atoms with E-state index in [1.54, 1.807) is 0 Å². The van der Waals surface area contributed by atoms with Crippen LogP contribution in [0.3, 0.4) is 0 Å². The van der Waals surface area contributed by atoms with Gasteiger partial charge in [0, 0.05) is 18.3 Å². The maximum absolute atomic E-state index is 3.45. The molecule has 0 saturated carbocycles. The molecule has 0 aliphatic carbocycles. The third-order valence-electron chi connectivity index (χ3n) is 3.96. The van der Waals surface area contributed by atoms with Gasteiger partial charge >= 0.3 is 0 Å². The van der Waals surface area contributed by atoms with Crippen molar-refractivity contribution in [2.24, 2.45) is 5.92 Å². The molecule has 1 saturated heterocycles. The highest BCUT2D eigenvalue weighted by atomic mass is 35.5. The van der Waals surface area contributed by atoms with Crippen molar-refractivity contribution in [1.29, 1.82) is 0 Å². The molecular formula is C16H27ClN2. The van der Waals surface area contributed by atoms with Gasteiger partial charge in [0.2, 0.25) is 0 Å². The summed E-state index contributed by atoms with van der Waals surface area (Å²) in [5.74, 6) is 0.841. The molecule has 2 nitrogen and oxygen atoms in total. The van der Waals surface area contributed by atoms with E-state index in [9.17, 15) is 0 Å². The van der Waals surface area contributed by atoms with Gasteiger partial charge < -0.3 is 10.2 Å². The maximum Gasteiger partial charge on any atom is 0.0398 e. The summed E-state index contributed by atoms with van der Waals surface area (Å²) in [6.45, 7) is 10.4. The number of benzene rings is 1. The van der Waals surface area contributed by atoms with Crippen LogP contribution in [0.25, 0.3) is 0 Å². The molecule has 19 heavy (non-hydrogen) atoms. The number of hydrogen-bond donors (Lipinski definition) is 1. The Balaban J connectivity index is 0.00000180. The lowest BCUT2D eigenvalue weighted by molar-refractivity contribution is 0.367. The first-order valence-electron chi connectivity index (χ1n) is 7.21. The third kappa shape index (κ3) is 4.39. The molecule has 1 aromatic rings. The second-order valence-electron chi connectivity index (χ2n) is 5.73. The van der Waals surface area contributed by atoms with Crippen LogP contribution in [0.15, 0.2) is 24.3 Å². The van der Waals surface area contributed by atoms with Crippen LogP contribution in [0.2, 0.25) is 0 Å². The van der Waals surface area contributed by atoms with E-state index >= 15 is 0 Å². The minimum Gasteiger partial charge on any atom is -0.369 e. The molecule has 108 valence electrons. The average Bonchev–Trinajstić information content (AvgIpc) is 2.38. The SMILES string of the molecule is Cc1ccccc1N(CC1CCNCC1)C(C)C.Cl. The van der Waals surface area contributed by atoms with Gasteiger partial charge in [-0.25, -0.2) is 0 Å². The Morgan fingerprint density at radius 2 is 1.84 bits per heavy atom. The molecule has 0 aromatic heterocycles. The third-order valence-corrected chi connectivity index (χ3v) is 3.96. The quantitative estimate of drug-likeness (QED) is 0.907. The molecule has 2 rings (SSSR count). The summed E-state index contributed by atoms with van der Waals surface area (Å²) in [4.78, 5) is 2.57. The van der Waals surface area contributed by atoms with Crippen molar-refractivity contribution in [3.8, 4) is 0 Å². The second kappa shape index (κ2) is 7.76. The fourth-order valence-corrected chi connectivity index (χ4v) is 2.82. The van der Waals surface area contributed by atoms with E-state index in [0.717, 1.165) is 5.92 Å². The second-order valence-corrected chi connectivity index (χ2v) is 5.73. The molecule has 1 fully saturated rings. The summed E-state index contributed by atoms with van der Waals surface area (Å²) in [7, 11) is 0. The molecule has 0 bridgehead atoms. The minimum atomic E-state index is 0. The van der Waals surface area contributed by atoms with Gasteiger partial charge in [0.05, 0.1) is 0 Å². The summed E-state index contributed by atoms with van der Waals surface area (Å²) in [5.41, 5.74) is 2.80. The average molecular weight is 283 g/mol. The molecule has 1 N–H and O–H groups in total. The Bertz CT molecular complexity index is 373. The molecule has 0 unspecified atom stereocenters. The van der Waals surface area contributed by atoms with Gasteiger partial charge in [-0.1, -0.05) is 18.2 Å². The fraction of sp³-hybridized carbons (Fsp3) is 0.625. The number of nitrogens with one attached hydrogen (secondary N) is 1. The Labute approximate surface area is 124 Å². The van der Waals surface area contributed by atoms with Crippen molar-refractivity contribution in [3.05, 3.63) is 29.8 Å². The number of para-hydroxylation sites is 1. The van der Waals surface area contributed by atoms with E-state index in [2.05, 4.69) is 55.3 Å². The standard InChI is InChI=1S/C16H26N2.ClH/c1-13(2)18(12-15-8-10-17-11-9-15)16-7-5-4-6-14(16)3;/h4-7,13,15,17H,8-12H2,1-3H3;1H. The summed E-state index contributed by atoms with van der Waals surface area (Å²) in [6.07, 6.45) is 2.63. The maximum atomic E-state index is 3.45. The molecule has 1 aromatic carbocycles. The highest BCUT2D eigenvalue weighted by Crippen LogP contribution is 2.25. The van der Waals surface area contributed by atoms with Gasteiger partial charge in [-0.05, 0) is 64.3 Å². The van der Waals surface area contributed by atoms with E-state index in [-0.39, 0.29) is 12.4 Å².